The zero-order valence-corrected chi connectivity index (χ0v) is 11.5. The molecule has 0 bridgehead atoms. The monoisotopic (exact) mass is 286 g/mol. The molecule has 0 N–H and O–H groups in total. The van der Waals surface area contributed by atoms with Gasteiger partial charge in [-0.05, 0) is 32.0 Å². The van der Waals surface area contributed by atoms with E-state index in [1.54, 1.807) is 19.9 Å². The summed E-state index contributed by atoms with van der Waals surface area (Å²) in [6.45, 7) is 3.18. The number of Topliss-reactive ketones (excluding diaryl/α,β-unsaturated/α-hetero) is 1. The third kappa shape index (κ3) is 4.51. The van der Waals surface area contributed by atoms with Gasteiger partial charge in [-0.15, -0.1) is 0 Å². The molecule has 0 atom stereocenters. The van der Waals surface area contributed by atoms with Gasteiger partial charge in [-0.25, -0.2) is 4.79 Å². The Morgan fingerprint density at radius 3 is 2.50 bits per heavy atom. The number of hydrogen-bond acceptors (Lipinski definition) is 3. The first kappa shape index (κ1) is 14.7. The van der Waals surface area contributed by atoms with Gasteiger partial charge < -0.3 is 4.74 Å². The molecule has 1 rings (SSSR count). The van der Waals surface area contributed by atoms with Crippen molar-refractivity contribution in [2.45, 2.75) is 13.8 Å². The van der Waals surface area contributed by atoms with Gasteiger partial charge in [-0.2, -0.15) is 0 Å². The molecule has 1 aromatic carbocycles. The number of halogens is 2. The summed E-state index contributed by atoms with van der Waals surface area (Å²) in [7, 11) is 0. The van der Waals surface area contributed by atoms with Crippen LogP contribution in [0, 0.1) is 0 Å². The molecule has 0 aliphatic carbocycles. The first-order valence-electron chi connectivity index (χ1n) is 5.20. The van der Waals surface area contributed by atoms with Crippen molar-refractivity contribution in [3.05, 3.63) is 45.5 Å². The molecule has 0 fully saturated rings. The van der Waals surface area contributed by atoms with Gasteiger partial charge in [-0.3, -0.25) is 4.79 Å². The quantitative estimate of drug-likeness (QED) is 0.482. The minimum absolute atomic E-state index is 0.241. The molecule has 0 aliphatic rings. The summed E-state index contributed by atoms with van der Waals surface area (Å²) < 4.78 is 4.80. The van der Waals surface area contributed by atoms with Crippen LogP contribution >= 0.6 is 23.2 Å². The van der Waals surface area contributed by atoms with Gasteiger partial charge in [0, 0.05) is 16.7 Å². The highest BCUT2D eigenvalue weighted by Crippen LogP contribution is 2.21. The molecule has 0 aromatic heterocycles. The Labute approximate surface area is 115 Å². The van der Waals surface area contributed by atoms with E-state index in [1.165, 1.54) is 18.2 Å². The topological polar surface area (TPSA) is 43.4 Å². The molecule has 0 unspecified atom stereocenters. The van der Waals surface area contributed by atoms with E-state index >= 15 is 0 Å². The Hall–Kier alpha value is -1.32. The Balaban J connectivity index is 2.66. The molecule has 5 heteroatoms. The van der Waals surface area contributed by atoms with Crippen molar-refractivity contribution in [2.75, 3.05) is 6.61 Å². The Morgan fingerprint density at radius 1 is 1.28 bits per heavy atom. The molecular weight excluding hydrogens is 275 g/mol. The molecule has 0 aliphatic heterocycles. The molecule has 0 spiro atoms. The van der Waals surface area contributed by atoms with Gasteiger partial charge in [0.05, 0.1) is 5.02 Å². The number of rotatable bonds is 4. The van der Waals surface area contributed by atoms with Gasteiger partial charge in [-0.1, -0.05) is 28.8 Å². The summed E-state index contributed by atoms with van der Waals surface area (Å²) in [4.78, 5) is 23.0. The van der Waals surface area contributed by atoms with E-state index in [2.05, 4.69) is 0 Å². The van der Waals surface area contributed by atoms with Crippen LogP contribution in [0.4, 0.5) is 0 Å². The third-order valence-electron chi connectivity index (χ3n) is 1.98. The standard InChI is InChI=1S/C13H12Cl2O3/c1-8(2)5-13(17)18-7-12(16)10-4-3-9(14)6-11(10)15/h3-6H,7H2,1-2H3. The van der Waals surface area contributed by atoms with Crippen molar-refractivity contribution in [3.8, 4) is 0 Å². The number of ketones is 1. The molecule has 0 radical (unpaired) electrons. The van der Waals surface area contributed by atoms with E-state index in [-0.39, 0.29) is 23.0 Å². The lowest BCUT2D eigenvalue weighted by atomic mass is 10.1. The highest BCUT2D eigenvalue weighted by Gasteiger charge is 2.12. The molecule has 3 nitrogen and oxygen atoms in total. The van der Waals surface area contributed by atoms with Crippen LogP contribution in [0.3, 0.4) is 0 Å². The van der Waals surface area contributed by atoms with E-state index in [9.17, 15) is 9.59 Å². The van der Waals surface area contributed by atoms with Crippen molar-refractivity contribution < 1.29 is 14.3 Å². The van der Waals surface area contributed by atoms with Crippen LogP contribution in [0.15, 0.2) is 29.8 Å². The Bertz CT molecular complexity index is 503. The SMILES string of the molecule is CC(C)=CC(=O)OCC(=O)c1ccc(Cl)cc1Cl. The van der Waals surface area contributed by atoms with Gasteiger partial charge >= 0.3 is 5.97 Å². The van der Waals surface area contributed by atoms with Crippen LogP contribution in [-0.2, 0) is 9.53 Å². The van der Waals surface area contributed by atoms with Crippen molar-refractivity contribution in [3.63, 3.8) is 0 Å². The average molecular weight is 287 g/mol. The van der Waals surface area contributed by atoms with Gasteiger partial charge in [0.2, 0.25) is 5.78 Å². The first-order chi connectivity index (χ1) is 8.40. The predicted molar refractivity (Wildman–Crippen MR) is 71.2 cm³/mol. The number of hydrogen-bond donors (Lipinski definition) is 0. The molecule has 0 saturated carbocycles. The van der Waals surface area contributed by atoms with E-state index in [1.807, 2.05) is 0 Å². The molecule has 1 aromatic rings. The highest BCUT2D eigenvalue weighted by atomic mass is 35.5. The van der Waals surface area contributed by atoms with Crippen LogP contribution in [0.2, 0.25) is 10.0 Å². The predicted octanol–water partition coefficient (Wildman–Crippen LogP) is 3.69. The van der Waals surface area contributed by atoms with Crippen molar-refractivity contribution in [2.24, 2.45) is 0 Å². The molecule has 0 heterocycles. The summed E-state index contributed by atoms with van der Waals surface area (Å²) in [6.07, 6.45) is 1.32. The van der Waals surface area contributed by atoms with Gasteiger partial charge in [0.1, 0.15) is 0 Å². The van der Waals surface area contributed by atoms with E-state index in [0.717, 1.165) is 5.57 Å². The minimum Gasteiger partial charge on any atom is -0.454 e. The third-order valence-corrected chi connectivity index (χ3v) is 2.53. The Kier molecular flexibility index (Phi) is 5.38. The van der Waals surface area contributed by atoms with Crippen LogP contribution in [0.5, 0.6) is 0 Å². The lowest BCUT2D eigenvalue weighted by molar-refractivity contribution is -0.136. The number of benzene rings is 1. The highest BCUT2D eigenvalue weighted by molar-refractivity contribution is 6.36. The van der Waals surface area contributed by atoms with Gasteiger partial charge in [0.25, 0.3) is 0 Å². The largest absolute Gasteiger partial charge is 0.454 e. The van der Waals surface area contributed by atoms with E-state index in [4.69, 9.17) is 27.9 Å². The smallest absolute Gasteiger partial charge is 0.331 e. The number of carbonyl (C=O) groups is 2. The molecular formula is C13H12Cl2O3. The second-order valence-corrected chi connectivity index (χ2v) is 4.72. The van der Waals surface area contributed by atoms with E-state index < -0.39 is 5.97 Å². The molecule has 0 amide bonds. The lowest BCUT2D eigenvalue weighted by Crippen LogP contribution is -2.13. The fourth-order valence-electron chi connectivity index (χ4n) is 1.21. The maximum absolute atomic E-state index is 11.7. The summed E-state index contributed by atoms with van der Waals surface area (Å²) in [5, 5.41) is 0.684. The van der Waals surface area contributed by atoms with Crippen molar-refractivity contribution in [1.29, 1.82) is 0 Å². The second kappa shape index (κ2) is 6.57. The fraction of sp³-hybridized carbons (Fsp3) is 0.231. The normalized spacial score (nSPS) is 9.78. The number of allylic oxidation sites excluding steroid dienone is 1. The summed E-state index contributed by atoms with van der Waals surface area (Å²) in [6, 6.07) is 4.52. The van der Waals surface area contributed by atoms with Crippen LogP contribution in [0.25, 0.3) is 0 Å². The number of esters is 1. The van der Waals surface area contributed by atoms with Crippen LogP contribution in [-0.4, -0.2) is 18.4 Å². The first-order valence-corrected chi connectivity index (χ1v) is 5.95. The Morgan fingerprint density at radius 2 is 1.94 bits per heavy atom. The lowest BCUT2D eigenvalue weighted by Gasteiger charge is -2.04. The van der Waals surface area contributed by atoms with Crippen molar-refractivity contribution in [1.82, 2.24) is 0 Å². The molecule has 18 heavy (non-hydrogen) atoms. The second-order valence-electron chi connectivity index (χ2n) is 3.88. The molecule has 96 valence electrons. The zero-order valence-electron chi connectivity index (χ0n) is 10.00. The maximum Gasteiger partial charge on any atom is 0.331 e. The average Bonchev–Trinajstić information content (AvgIpc) is 2.25. The number of ether oxygens (including phenoxy) is 1. The minimum atomic E-state index is -0.548. The summed E-state index contributed by atoms with van der Waals surface area (Å²) in [5.74, 6) is -0.916. The summed E-state index contributed by atoms with van der Waals surface area (Å²) >= 11 is 11.6. The zero-order chi connectivity index (χ0) is 13.7. The fourth-order valence-corrected chi connectivity index (χ4v) is 1.72. The van der Waals surface area contributed by atoms with E-state index in [0.29, 0.717) is 5.02 Å². The number of carbonyl (C=O) groups excluding carboxylic acids is 2. The molecule has 0 saturated heterocycles. The van der Waals surface area contributed by atoms with Crippen LogP contribution in [0.1, 0.15) is 24.2 Å². The van der Waals surface area contributed by atoms with Crippen molar-refractivity contribution >= 4 is 35.0 Å². The maximum atomic E-state index is 11.7. The van der Waals surface area contributed by atoms with Gasteiger partial charge in [0.15, 0.2) is 6.61 Å². The van der Waals surface area contributed by atoms with Crippen LogP contribution < -0.4 is 0 Å². The summed E-state index contributed by atoms with van der Waals surface area (Å²) in [5.41, 5.74) is 1.09.